The van der Waals surface area contributed by atoms with Crippen LogP contribution in [0.4, 0.5) is 5.69 Å². The minimum absolute atomic E-state index is 0.0659. The van der Waals surface area contributed by atoms with Crippen molar-refractivity contribution in [3.05, 3.63) is 42.2 Å². The second-order valence-corrected chi connectivity index (χ2v) is 12.3. The summed E-state index contributed by atoms with van der Waals surface area (Å²) in [5, 5.41) is 10.7. The summed E-state index contributed by atoms with van der Waals surface area (Å²) in [5.74, 6) is -0.654. The molecule has 234 valence electrons. The van der Waals surface area contributed by atoms with Crippen molar-refractivity contribution in [3.8, 4) is 17.2 Å². The van der Waals surface area contributed by atoms with Gasteiger partial charge in [-0.3, -0.25) is 14.5 Å². The number of fused-ring (bicyclic) bond motifs is 1. The maximum absolute atomic E-state index is 14.1. The van der Waals surface area contributed by atoms with Gasteiger partial charge in [0, 0.05) is 36.5 Å². The predicted molar refractivity (Wildman–Crippen MR) is 157 cm³/mol. The van der Waals surface area contributed by atoms with Crippen LogP contribution in [0, 0.1) is 11.3 Å². The van der Waals surface area contributed by atoms with E-state index in [-0.39, 0.29) is 19.2 Å². The molecule has 0 unspecified atom stereocenters. The van der Waals surface area contributed by atoms with E-state index < -0.39 is 35.6 Å². The Labute approximate surface area is 253 Å². The number of aliphatic carboxylic acids is 1. The highest BCUT2D eigenvalue weighted by Crippen LogP contribution is 2.48. The highest BCUT2D eigenvalue weighted by atomic mass is 16.7. The standard InChI is InChI=1S/C32H43N3O8/c1-6-7-11-35(22-9-8-10-33(4)17-22)27(36)19-34-18-23(21-14-25(39-5)29-26(15-21)42-20-43-29)28(30(37)38)24(34)16-32(2,3)31-40-12-13-41-31/h8-10,14-15,17,23-24,28,31H,6-7,11-13,16,18-20H2,1-5H3/p+1/t23-,24+,28-/m1/s1. The molecule has 3 aliphatic rings. The lowest BCUT2D eigenvalue weighted by molar-refractivity contribution is -0.670. The van der Waals surface area contributed by atoms with Gasteiger partial charge in [-0.05, 0) is 36.6 Å². The van der Waals surface area contributed by atoms with E-state index >= 15 is 0 Å². The molecule has 0 aliphatic carbocycles. The summed E-state index contributed by atoms with van der Waals surface area (Å²) in [7, 11) is 3.48. The van der Waals surface area contributed by atoms with Gasteiger partial charge >= 0.3 is 5.97 Å². The van der Waals surface area contributed by atoms with E-state index in [1.807, 2.05) is 71.9 Å². The number of nitrogens with zero attached hydrogens (tertiary/aromatic N) is 3. The molecule has 0 bridgehead atoms. The van der Waals surface area contributed by atoms with Gasteiger partial charge in [-0.15, -0.1) is 0 Å². The molecular formula is C32H44N3O8+. The molecule has 1 N–H and O–H groups in total. The zero-order chi connectivity index (χ0) is 30.7. The summed E-state index contributed by atoms with van der Waals surface area (Å²) in [4.78, 5) is 31.0. The Bertz CT molecular complexity index is 1310. The Kier molecular flexibility index (Phi) is 9.43. The number of benzene rings is 1. The van der Waals surface area contributed by atoms with Crippen LogP contribution in [0.25, 0.3) is 0 Å². The first-order chi connectivity index (χ1) is 20.6. The van der Waals surface area contributed by atoms with Gasteiger partial charge in [0.05, 0.1) is 32.8 Å². The lowest BCUT2D eigenvalue weighted by atomic mass is 9.77. The molecule has 2 fully saturated rings. The van der Waals surface area contributed by atoms with E-state index in [1.165, 1.54) is 0 Å². The summed E-state index contributed by atoms with van der Waals surface area (Å²) in [6, 6.07) is 7.09. The lowest BCUT2D eigenvalue weighted by Crippen LogP contribution is -2.47. The molecular weight excluding hydrogens is 554 g/mol. The first-order valence-electron chi connectivity index (χ1n) is 15.1. The molecule has 1 aromatic heterocycles. The largest absolute Gasteiger partial charge is 0.493 e. The Morgan fingerprint density at radius 2 is 1.98 bits per heavy atom. The fourth-order valence-corrected chi connectivity index (χ4v) is 6.60. The number of rotatable bonds is 12. The van der Waals surface area contributed by atoms with Crippen molar-refractivity contribution < 1.29 is 42.9 Å². The highest BCUT2D eigenvalue weighted by molar-refractivity contribution is 5.94. The van der Waals surface area contributed by atoms with E-state index in [9.17, 15) is 14.7 Å². The molecule has 0 spiro atoms. The number of anilines is 1. The van der Waals surface area contributed by atoms with Crippen LogP contribution in [-0.2, 0) is 26.1 Å². The quantitative estimate of drug-likeness (QED) is 0.368. The zero-order valence-electron chi connectivity index (χ0n) is 25.8. The second-order valence-electron chi connectivity index (χ2n) is 12.3. The predicted octanol–water partition coefficient (Wildman–Crippen LogP) is 3.34. The van der Waals surface area contributed by atoms with Crippen LogP contribution in [0.2, 0.25) is 0 Å². The van der Waals surface area contributed by atoms with Crippen LogP contribution in [0.1, 0.15) is 51.5 Å². The van der Waals surface area contributed by atoms with Crippen molar-refractivity contribution in [2.45, 2.75) is 58.3 Å². The fourth-order valence-electron chi connectivity index (χ4n) is 6.60. The molecule has 1 aromatic carbocycles. The number of likely N-dealkylation sites (tertiary alicyclic amines) is 1. The minimum atomic E-state index is -0.913. The van der Waals surface area contributed by atoms with Gasteiger partial charge in [0.25, 0.3) is 0 Å². The van der Waals surface area contributed by atoms with Gasteiger partial charge in [-0.25, -0.2) is 4.57 Å². The van der Waals surface area contributed by atoms with Crippen LogP contribution in [-0.4, -0.2) is 81.0 Å². The smallest absolute Gasteiger partial charge is 0.308 e. The number of aryl methyl sites for hydroxylation is 1. The van der Waals surface area contributed by atoms with Gasteiger partial charge < -0.3 is 33.7 Å². The number of methoxy groups -OCH3 is 1. The number of carbonyl (C=O) groups is 2. The van der Waals surface area contributed by atoms with E-state index in [4.69, 9.17) is 23.7 Å². The number of carbonyl (C=O) groups excluding carboxylic acids is 1. The molecule has 4 heterocycles. The van der Waals surface area contributed by atoms with E-state index in [0.29, 0.717) is 50.0 Å². The average Bonchev–Trinajstić information content (AvgIpc) is 3.74. The lowest BCUT2D eigenvalue weighted by Gasteiger charge is -2.37. The van der Waals surface area contributed by atoms with Crippen LogP contribution in [0.5, 0.6) is 17.2 Å². The van der Waals surface area contributed by atoms with Crippen molar-refractivity contribution in [1.82, 2.24) is 4.90 Å². The van der Waals surface area contributed by atoms with Crippen LogP contribution in [0.3, 0.4) is 0 Å². The average molecular weight is 599 g/mol. The monoisotopic (exact) mass is 598 g/mol. The van der Waals surface area contributed by atoms with Gasteiger partial charge in [-0.2, -0.15) is 0 Å². The van der Waals surface area contributed by atoms with Crippen molar-refractivity contribution in [3.63, 3.8) is 0 Å². The fraction of sp³-hybridized carbons (Fsp3) is 0.594. The summed E-state index contributed by atoms with van der Waals surface area (Å²) in [5.41, 5.74) is 1.10. The molecule has 2 aromatic rings. The van der Waals surface area contributed by atoms with Crippen molar-refractivity contribution in [2.75, 3.05) is 51.7 Å². The molecule has 5 rings (SSSR count). The zero-order valence-corrected chi connectivity index (χ0v) is 25.8. The number of hydrogen-bond acceptors (Lipinski definition) is 8. The number of ether oxygens (including phenoxy) is 5. The number of amides is 1. The minimum Gasteiger partial charge on any atom is -0.493 e. The van der Waals surface area contributed by atoms with E-state index in [0.717, 1.165) is 24.1 Å². The van der Waals surface area contributed by atoms with Gasteiger partial charge in [-0.1, -0.05) is 27.2 Å². The van der Waals surface area contributed by atoms with Crippen LogP contribution < -0.4 is 23.7 Å². The molecule has 2 saturated heterocycles. The molecule has 43 heavy (non-hydrogen) atoms. The molecule has 3 atom stereocenters. The molecule has 1 amide bonds. The summed E-state index contributed by atoms with van der Waals surface area (Å²) < 4.78 is 30.5. The summed E-state index contributed by atoms with van der Waals surface area (Å²) >= 11 is 0. The number of pyridine rings is 1. The highest BCUT2D eigenvalue weighted by Gasteiger charge is 2.51. The molecule has 0 saturated carbocycles. The van der Waals surface area contributed by atoms with Crippen molar-refractivity contribution in [1.29, 1.82) is 0 Å². The molecule has 0 radical (unpaired) electrons. The summed E-state index contributed by atoms with van der Waals surface area (Å²) in [6.07, 6.45) is 5.69. The van der Waals surface area contributed by atoms with Gasteiger partial charge in [0.1, 0.15) is 12.7 Å². The number of unbranched alkanes of at least 4 members (excludes halogenated alkanes) is 1. The first kappa shape index (κ1) is 31.0. The van der Waals surface area contributed by atoms with Crippen LogP contribution in [0.15, 0.2) is 36.7 Å². The van der Waals surface area contributed by atoms with Crippen LogP contribution >= 0.6 is 0 Å². The Morgan fingerprint density at radius 1 is 1.21 bits per heavy atom. The SMILES string of the molecule is CCCCN(C(=O)CN1C[C@H](c2cc(OC)c3c(c2)OCO3)[C@@H](C(=O)O)[C@@H]1CC(C)(C)C1OCCO1)c1ccc[n+](C)c1. The van der Waals surface area contributed by atoms with Crippen molar-refractivity contribution >= 4 is 17.6 Å². The van der Waals surface area contributed by atoms with E-state index in [2.05, 4.69) is 6.92 Å². The van der Waals surface area contributed by atoms with Gasteiger partial charge in [0.2, 0.25) is 18.4 Å². The summed E-state index contributed by atoms with van der Waals surface area (Å²) in [6.45, 7) is 8.30. The Hall–Kier alpha value is -3.41. The number of aromatic nitrogens is 1. The Morgan fingerprint density at radius 3 is 2.65 bits per heavy atom. The van der Waals surface area contributed by atoms with Crippen molar-refractivity contribution in [2.24, 2.45) is 18.4 Å². The normalized spacial score (nSPS) is 22.2. The third-order valence-corrected chi connectivity index (χ3v) is 8.75. The number of carboxylic acid groups (broad SMARTS) is 1. The molecule has 3 aliphatic heterocycles. The topological polar surface area (TPSA) is 111 Å². The third kappa shape index (κ3) is 6.58. The molecule has 11 nitrogen and oxygen atoms in total. The number of carboxylic acids is 1. The third-order valence-electron chi connectivity index (χ3n) is 8.75. The van der Waals surface area contributed by atoms with E-state index in [1.54, 1.807) is 7.11 Å². The first-order valence-corrected chi connectivity index (χ1v) is 15.1. The second kappa shape index (κ2) is 13.1. The van der Waals surface area contributed by atoms with Gasteiger partial charge in [0.15, 0.2) is 30.2 Å². The molecule has 11 heteroatoms. The maximum atomic E-state index is 14.1. The maximum Gasteiger partial charge on any atom is 0.308 e. The Balaban J connectivity index is 1.50. The number of hydrogen-bond donors (Lipinski definition) is 1.